The third-order valence-corrected chi connectivity index (χ3v) is 3.96. The number of halogens is 2. The van der Waals surface area contributed by atoms with E-state index in [9.17, 15) is 25.0 Å². The van der Waals surface area contributed by atoms with Crippen LogP contribution in [0.5, 0.6) is 0 Å². The molecule has 10 nitrogen and oxygen atoms in total. The maximum absolute atomic E-state index is 12.4. The number of hydrogen-bond donors (Lipinski definition) is 1. The third kappa shape index (κ3) is 6.19. The highest BCUT2D eigenvalue weighted by Crippen LogP contribution is 2.40. The van der Waals surface area contributed by atoms with E-state index in [2.05, 4.69) is 5.32 Å². The van der Waals surface area contributed by atoms with E-state index in [1.807, 2.05) is 19.0 Å². The van der Waals surface area contributed by atoms with Crippen molar-refractivity contribution in [3.8, 4) is 0 Å². The van der Waals surface area contributed by atoms with Gasteiger partial charge in [0.2, 0.25) is 0 Å². The summed E-state index contributed by atoms with van der Waals surface area (Å²) >= 11 is 11.5. The summed E-state index contributed by atoms with van der Waals surface area (Å²) < 4.78 is 0. The maximum atomic E-state index is 12.4. The number of nitro groups is 2. The Bertz CT molecular complexity index is 695. The second-order valence-electron chi connectivity index (χ2n) is 5.77. The maximum Gasteiger partial charge on any atom is 0.312 e. The van der Waals surface area contributed by atoms with Crippen molar-refractivity contribution in [1.82, 2.24) is 10.2 Å². The predicted octanol–water partition coefficient (Wildman–Crippen LogP) is 2.08. The summed E-state index contributed by atoms with van der Waals surface area (Å²) in [6, 6.07) is 2.17. The highest BCUT2D eigenvalue weighted by molar-refractivity contribution is 6.18. The van der Waals surface area contributed by atoms with Gasteiger partial charge >= 0.3 is 5.69 Å². The molecule has 1 aromatic carbocycles. The molecule has 0 spiro atoms. The lowest BCUT2D eigenvalue weighted by atomic mass is 10.1. The molecule has 1 amide bonds. The number of amides is 1. The number of nitro benzene ring substituents is 2. The van der Waals surface area contributed by atoms with Gasteiger partial charge in [-0.05, 0) is 20.2 Å². The van der Waals surface area contributed by atoms with E-state index in [0.717, 1.165) is 12.1 Å². The van der Waals surface area contributed by atoms with E-state index in [4.69, 9.17) is 23.2 Å². The Hall–Kier alpha value is -2.17. The first-order valence-electron chi connectivity index (χ1n) is 8.00. The number of hydrogen-bond acceptors (Lipinski definition) is 7. The fraction of sp³-hybridized carbons (Fsp3) is 0.533. The van der Waals surface area contributed by atoms with Crippen molar-refractivity contribution in [3.63, 3.8) is 0 Å². The Labute approximate surface area is 166 Å². The molecule has 1 N–H and O–H groups in total. The second kappa shape index (κ2) is 10.9. The van der Waals surface area contributed by atoms with Crippen LogP contribution in [0.2, 0.25) is 0 Å². The lowest BCUT2D eigenvalue weighted by Gasteiger charge is -2.23. The minimum atomic E-state index is -0.793. The molecule has 0 saturated heterocycles. The number of anilines is 1. The largest absolute Gasteiger partial charge is 0.358 e. The third-order valence-electron chi connectivity index (χ3n) is 3.62. The molecule has 0 saturated carbocycles. The van der Waals surface area contributed by atoms with Crippen LogP contribution in [0.25, 0.3) is 0 Å². The zero-order valence-corrected chi connectivity index (χ0v) is 16.5. The van der Waals surface area contributed by atoms with Crippen molar-refractivity contribution in [1.29, 1.82) is 0 Å². The minimum Gasteiger partial charge on any atom is -0.358 e. The van der Waals surface area contributed by atoms with Gasteiger partial charge in [-0.1, -0.05) is 0 Å². The zero-order valence-electron chi connectivity index (χ0n) is 15.0. The predicted molar refractivity (Wildman–Crippen MR) is 104 cm³/mol. The summed E-state index contributed by atoms with van der Waals surface area (Å²) in [6.45, 7) is 0.996. The van der Waals surface area contributed by atoms with E-state index in [1.54, 1.807) is 0 Å². The first kappa shape index (κ1) is 22.9. The van der Waals surface area contributed by atoms with Crippen LogP contribution in [0.4, 0.5) is 17.1 Å². The fourth-order valence-electron chi connectivity index (χ4n) is 2.42. The van der Waals surface area contributed by atoms with E-state index in [-0.39, 0.29) is 42.6 Å². The molecule has 0 aromatic heterocycles. The molecule has 0 bridgehead atoms. The molecule has 0 unspecified atom stereocenters. The number of nitrogens with zero attached hydrogens (tertiary/aromatic N) is 4. The Morgan fingerprint density at radius 3 is 2.11 bits per heavy atom. The Morgan fingerprint density at radius 2 is 1.67 bits per heavy atom. The molecule has 1 rings (SSSR count). The highest BCUT2D eigenvalue weighted by atomic mass is 35.5. The quantitative estimate of drug-likeness (QED) is 0.329. The summed E-state index contributed by atoms with van der Waals surface area (Å²) in [4.78, 5) is 37.3. The van der Waals surface area contributed by atoms with Gasteiger partial charge < -0.3 is 15.1 Å². The number of carbonyl (C=O) groups is 1. The topological polar surface area (TPSA) is 122 Å². The molecule has 0 atom stereocenters. The summed E-state index contributed by atoms with van der Waals surface area (Å²) in [5.41, 5.74) is -1.65. The molecule has 27 heavy (non-hydrogen) atoms. The average molecular weight is 422 g/mol. The standard InChI is InChI=1S/C15H21Cl2N5O5/c1-19(2)10-7-18-15(23)11-3-4-12(21(24)25)14(13(11)22(26)27)20(8-5-16)9-6-17/h3-4H,5-10H2,1-2H3,(H,18,23). The number of nitrogens with one attached hydrogen (secondary N) is 1. The fourth-order valence-corrected chi connectivity index (χ4v) is 2.83. The van der Waals surface area contributed by atoms with Gasteiger partial charge in [-0.2, -0.15) is 0 Å². The van der Waals surface area contributed by atoms with Gasteiger partial charge in [0.25, 0.3) is 11.6 Å². The molecule has 0 radical (unpaired) electrons. The Balaban J connectivity index is 3.49. The molecular weight excluding hydrogens is 401 g/mol. The molecule has 0 fully saturated rings. The number of rotatable bonds is 11. The van der Waals surface area contributed by atoms with Gasteiger partial charge in [-0.3, -0.25) is 25.0 Å². The summed E-state index contributed by atoms with van der Waals surface area (Å²) in [5.74, 6) is -0.536. The highest BCUT2D eigenvalue weighted by Gasteiger charge is 2.35. The van der Waals surface area contributed by atoms with Gasteiger partial charge in [0, 0.05) is 44.0 Å². The molecule has 1 aromatic rings. The van der Waals surface area contributed by atoms with Gasteiger partial charge in [0.1, 0.15) is 5.56 Å². The van der Waals surface area contributed by atoms with E-state index < -0.39 is 27.1 Å². The van der Waals surface area contributed by atoms with Crippen molar-refractivity contribution in [2.24, 2.45) is 0 Å². The van der Waals surface area contributed by atoms with Gasteiger partial charge in [-0.25, -0.2) is 0 Å². The van der Waals surface area contributed by atoms with E-state index in [0.29, 0.717) is 6.54 Å². The monoisotopic (exact) mass is 421 g/mol. The van der Waals surface area contributed by atoms with Crippen LogP contribution in [-0.4, -0.2) is 72.7 Å². The van der Waals surface area contributed by atoms with E-state index in [1.165, 1.54) is 4.90 Å². The number of likely N-dealkylation sites (N-methyl/N-ethyl adjacent to an activating group) is 1. The van der Waals surface area contributed by atoms with Gasteiger partial charge in [0.05, 0.1) is 9.85 Å². The molecular formula is C15H21Cl2N5O5. The molecule has 12 heteroatoms. The summed E-state index contributed by atoms with van der Waals surface area (Å²) in [7, 11) is 3.63. The first-order chi connectivity index (χ1) is 12.7. The Morgan fingerprint density at radius 1 is 1.07 bits per heavy atom. The molecule has 150 valence electrons. The lowest BCUT2D eigenvalue weighted by Crippen LogP contribution is -2.33. The molecule has 0 heterocycles. The first-order valence-corrected chi connectivity index (χ1v) is 9.07. The van der Waals surface area contributed by atoms with Crippen LogP contribution < -0.4 is 10.2 Å². The number of carbonyl (C=O) groups excluding carboxylic acids is 1. The van der Waals surface area contributed by atoms with Crippen molar-refractivity contribution in [2.75, 3.05) is 56.9 Å². The number of alkyl halides is 2. The van der Waals surface area contributed by atoms with Crippen LogP contribution >= 0.6 is 23.2 Å². The molecule has 0 aliphatic rings. The van der Waals surface area contributed by atoms with Crippen LogP contribution in [0, 0.1) is 20.2 Å². The molecule has 0 aliphatic heterocycles. The van der Waals surface area contributed by atoms with Crippen LogP contribution in [0.15, 0.2) is 12.1 Å². The smallest absolute Gasteiger partial charge is 0.312 e. The Kier molecular flexibility index (Phi) is 9.19. The van der Waals surface area contributed by atoms with Crippen molar-refractivity contribution >= 4 is 46.2 Å². The summed E-state index contributed by atoms with van der Waals surface area (Å²) in [5, 5.41) is 25.7. The number of benzene rings is 1. The lowest BCUT2D eigenvalue weighted by molar-refractivity contribution is -0.392. The van der Waals surface area contributed by atoms with Crippen molar-refractivity contribution in [3.05, 3.63) is 37.9 Å². The van der Waals surface area contributed by atoms with Crippen LogP contribution in [0.1, 0.15) is 10.4 Å². The minimum absolute atomic E-state index is 0.0739. The van der Waals surface area contributed by atoms with Crippen molar-refractivity contribution in [2.45, 2.75) is 0 Å². The van der Waals surface area contributed by atoms with Crippen molar-refractivity contribution < 1.29 is 14.6 Å². The summed E-state index contributed by atoms with van der Waals surface area (Å²) in [6.07, 6.45) is 0. The van der Waals surface area contributed by atoms with Gasteiger partial charge in [-0.15, -0.1) is 23.2 Å². The second-order valence-corrected chi connectivity index (χ2v) is 6.52. The zero-order chi connectivity index (χ0) is 20.6. The molecule has 0 aliphatic carbocycles. The van der Waals surface area contributed by atoms with Gasteiger partial charge in [0.15, 0.2) is 5.69 Å². The SMILES string of the molecule is CN(C)CCNC(=O)c1ccc([N+](=O)[O-])c(N(CCCl)CCCl)c1[N+](=O)[O-]. The van der Waals surface area contributed by atoms with Crippen LogP contribution in [0.3, 0.4) is 0 Å². The van der Waals surface area contributed by atoms with Crippen LogP contribution in [-0.2, 0) is 0 Å². The van der Waals surface area contributed by atoms with E-state index >= 15 is 0 Å². The normalized spacial score (nSPS) is 10.7. The average Bonchev–Trinajstić information content (AvgIpc) is 2.59.